The van der Waals surface area contributed by atoms with E-state index in [1.807, 2.05) is 13.8 Å². The van der Waals surface area contributed by atoms with Crippen molar-refractivity contribution in [2.75, 3.05) is 7.11 Å². The average Bonchev–Trinajstić information content (AvgIpc) is 2.29. The van der Waals surface area contributed by atoms with Gasteiger partial charge in [-0.2, -0.15) is 0 Å². The fourth-order valence-electron chi connectivity index (χ4n) is 1.67. The van der Waals surface area contributed by atoms with Crippen molar-refractivity contribution in [1.29, 1.82) is 0 Å². The first-order valence-electron chi connectivity index (χ1n) is 5.31. The highest BCUT2D eigenvalue weighted by molar-refractivity contribution is 6.36. The van der Waals surface area contributed by atoms with Gasteiger partial charge in [0.05, 0.1) is 18.1 Å². The first kappa shape index (κ1) is 11.9. The highest BCUT2D eigenvalue weighted by atomic mass is 35.5. The third-order valence-corrected chi connectivity index (χ3v) is 2.94. The summed E-state index contributed by atoms with van der Waals surface area (Å²) >= 11 is 6.11. The molecule has 0 aliphatic carbocycles. The number of ether oxygens (including phenoxy) is 1. The molecule has 0 amide bonds. The highest BCUT2D eigenvalue weighted by Gasteiger charge is 2.12. The van der Waals surface area contributed by atoms with Gasteiger partial charge < -0.3 is 9.72 Å². The van der Waals surface area contributed by atoms with E-state index in [-0.39, 0.29) is 11.5 Å². The Morgan fingerprint density at radius 2 is 2.12 bits per heavy atom. The van der Waals surface area contributed by atoms with Crippen LogP contribution >= 0.6 is 11.6 Å². The summed E-state index contributed by atoms with van der Waals surface area (Å²) in [7, 11) is 1.53. The number of nitrogens with one attached hydrogen (secondary N) is 1. The summed E-state index contributed by atoms with van der Waals surface area (Å²) in [5.74, 6) is 0.595. The van der Waals surface area contributed by atoms with Crippen LogP contribution in [0.15, 0.2) is 16.9 Å². The van der Waals surface area contributed by atoms with Crippen molar-refractivity contribution in [2.24, 2.45) is 0 Å². The summed E-state index contributed by atoms with van der Waals surface area (Å²) in [5.41, 5.74) is 1.49. The summed E-state index contributed by atoms with van der Waals surface area (Å²) < 4.78 is 5.09. The molecule has 90 valence electrons. The fourth-order valence-corrected chi connectivity index (χ4v) is 1.95. The largest absolute Gasteiger partial charge is 0.495 e. The summed E-state index contributed by atoms with van der Waals surface area (Å²) in [6, 6.07) is 3.52. The monoisotopic (exact) mass is 252 g/mol. The van der Waals surface area contributed by atoms with Crippen LogP contribution in [0.1, 0.15) is 25.5 Å². The predicted molar refractivity (Wildman–Crippen MR) is 68.0 cm³/mol. The quantitative estimate of drug-likeness (QED) is 0.894. The second-order valence-corrected chi connectivity index (χ2v) is 4.46. The zero-order valence-electron chi connectivity index (χ0n) is 9.87. The van der Waals surface area contributed by atoms with E-state index in [4.69, 9.17) is 16.3 Å². The number of hydrogen-bond donors (Lipinski definition) is 1. The maximum atomic E-state index is 11.8. The van der Waals surface area contributed by atoms with Crippen molar-refractivity contribution >= 4 is 22.6 Å². The molecule has 1 aromatic carbocycles. The molecule has 5 heteroatoms. The molecule has 0 aliphatic heterocycles. The van der Waals surface area contributed by atoms with Crippen LogP contribution in [0.2, 0.25) is 5.02 Å². The molecule has 0 fully saturated rings. The molecule has 2 rings (SSSR count). The molecule has 0 saturated heterocycles. The number of fused-ring (bicyclic) bond motifs is 1. The van der Waals surface area contributed by atoms with Crippen LogP contribution in [0.25, 0.3) is 11.0 Å². The standard InChI is InChI=1S/C12H13ClN2O2/c1-6(2)10-12(16)15-11-7(14-10)4-5-8(17-3)9(11)13/h4-6H,1-3H3,(H,15,16). The Morgan fingerprint density at radius 3 is 2.71 bits per heavy atom. The van der Waals surface area contributed by atoms with E-state index in [1.165, 1.54) is 7.11 Å². The molecule has 1 N–H and O–H groups in total. The first-order valence-corrected chi connectivity index (χ1v) is 5.68. The second-order valence-electron chi connectivity index (χ2n) is 4.08. The van der Waals surface area contributed by atoms with Crippen LogP contribution in [-0.2, 0) is 0 Å². The van der Waals surface area contributed by atoms with Gasteiger partial charge in [-0.05, 0) is 12.1 Å². The van der Waals surface area contributed by atoms with Gasteiger partial charge in [0.15, 0.2) is 0 Å². The summed E-state index contributed by atoms with van der Waals surface area (Å²) in [4.78, 5) is 18.9. The van der Waals surface area contributed by atoms with Crippen LogP contribution in [0.4, 0.5) is 0 Å². The number of benzene rings is 1. The van der Waals surface area contributed by atoms with E-state index < -0.39 is 0 Å². The first-order chi connectivity index (χ1) is 8.04. The van der Waals surface area contributed by atoms with Crippen molar-refractivity contribution in [1.82, 2.24) is 9.97 Å². The number of H-pyrrole nitrogens is 1. The van der Waals surface area contributed by atoms with Crippen molar-refractivity contribution in [3.63, 3.8) is 0 Å². The maximum absolute atomic E-state index is 11.8. The van der Waals surface area contributed by atoms with Gasteiger partial charge in [-0.3, -0.25) is 4.79 Å². The topological polar surface area (TPSA) is 55.0 Å². The molecular weight excluding hydrogens is 240 g/mol. The molecule has 1 aromatic heterocycles. The molecule has 0 radical (unpaired) electrons. The molecule has 17 heavy (non-hydrogen) atoms. The smallest absolute Gasteiger partial charge is 0.270 e. The zero-order valence-corrected chi connectivity index (χ0v) is 10.6. The zero-order chi connectivity index (χ0) is 12.6. The normalized spacial score (nSPS) is 11.1. The number of rotatable bonds is 2. The molecule has 2 aromatic rings. The minimum atomic E-state index is -0.206. The van der Waals surface area contributed by atoms with Crippen LogP contribution in [-0.4, -0.2) is 17.1 Å². The van der Waals surface area contributed by atoms with Gasteiger partial charge in [0.1, 0.15) is 16.5 Å². The number of halogens is 1. The number of aromatic amines is 1. The Balaban J connectivity index is 2.79. The van der Waals surface area contributed by atoms with Crippen molar-refractivity contribution in [3.05, 3.63) is 33.2 Å². The molecule has 4 nitrogen and oxygen atoms in total. The lowest BCUT2D eigenvalue weighted by molar-refractivity contribution is 0.415. The van der Waals surface area contributed by atoms with E-state index in [2.05, 4.69) is 9.97 Å². The van der Waals surface area contributed by atoms with E-state index in [9.17, 15) is 4.79 Å². The molecular formula is C12H13ClN2O2. The number of methoxy groups -OCH3 is 1. The fraction of sp³-hybridized carbons (Fsp3) is 0.333. The van der Waals surface area contributed by atoms with Gasteiger partial charge >= 0.3 is 0 Å². The third-order valence-electron chi connectivity index (χ3n) is 2.56. The van der Waals surface area contributed by atoms with Gasteiger partial charge in [0.25, 0.3) is 5.56 Å². The average molecular weight is 253 g/mol. The van der Waals surface area contributed by atoms with Gasteiger partial charge in [-0.25, -0.2) is 4.98 Å². The molecule has 0 spiro atoms. The predicted octanol–water partition coefficient (Wildman–Crippen LogP) is 2.71. The minimum absolute atomic E-state index is 0.0732. The van der Waals surface area contributed by atoms with E-state index in [1.54, 1.807) is 12.1 Å². The Kier molecular flexibility index (Phi) is 3.07. The lowest BCUT2D eigenvalue weighted by Crippen LogP contribution is -2.16. The van der Waals surface area contributed by atoms with Crippen LogP contribution in [0.3, 0.4) is 0 Å². The molecule has 0 unspecified atom stereocenters. The highest BCUT2D eigenvalue weighted by Crippen LogP contribution is 2.30. The van der Waals surface area contributed by atoms with Crippen molar-refractivity contribution in [3.8, 4) is 5.75 Å². The van der Waals surface area contributed by atoms with Gasteiger partial charge in [0, 0.05) is 5.92 Å². The number of hydrogen-bond acceptors (Lipinski definition) is 3. The number of nitrogens with zero attached hydrogens (tertiary/aromatic N) is 1. The Bertz CT molecular complexity index is 620. The minimum Gasteiger partial charge on any atom is -0.495 e. The van der Waals surface area contributed by atoms with E-state index >= 15 is 0 Å². The van der Waals surface area contributed by atoms with Crippen LogP contribution in [0, 0.1) is 0 Å². The molecule has 1 heterocycles. The summed E-state index contributed by atoms with van der Waals surface area (Å²) in [6.45, 7) is 3.85. The van der Waals surface area contributed by atoms with Gasteiger partial charge in [0.2, 0.25) is 0 Å². The third kappa shape index (κ3) is 2.00. The van der Waals surface area contributed by atoms with Gasteiger partial charge in [-0.1, -0.05) is 25.4 Å². The van der Waals surface area contributed by atoms with E-state index in [0.29, 0.717) is 27.5 Å². The second kappa shape index (κ2) is 4.37. The maximum Gasteiger partial charge on any atom is 0.270 e. The van der Waals surface area contributed by atoms with Crippen molar-refractivity contribution in [2.45, 2.75) is 19.8 Å². The SMILES string of the molecule is COc1ccc2nc(C(C)C)c(=O)[nH]c2c1Cl. The lowest BCUT2D eigenvalue weighted by atomic mass is 10.1. The molecule has 0 saturated carbocycles. The van der Waals surface area contributed by atoms with Crippen LogP contribution < -0.4 is 10.3 Å². The Morgan fingerprint density at radius 1 is 1.41 bits per heavy atom. The van der Waals surface area contributed by atoms with E-state index in [0.717, 1.165) is 0 Å². The number of aromatic nitrogens is 2. The lowest BCUT2D eigenvalue weighted by Gasteiger charge is -2.08. The summed E-state index contributed by atoms with van der Waals surface area (Å²) in [5, 5.41) is 0.380. The Hall–Kier alpha value is -1.55. The Labute approximate surface area is 104 Å². The molecule has 0 bridgehead atoms. The molecule has 0 aliphatic rings. The molecule has 0 atom stereocenters. The van der Waals surface area contributed by atoms with Crippen LogP contribution in [0.5, 0.6) is 5.75 Å². The summed E-state index contributed by atoms with van der Waals surface area (Å²) in [6.07, 6.45) is 0. The van der Waals surface area contributed by atoms with Crippen molar-refractivity contribution < 1.29 is 4.74 Å². The van der Waals surface area contributed by atoms with Gasteiger partial charge in [-0.15, -0.1) is 0 Å².